The van der Waals surface area contributed by atoms with Crippen LogP contribution in [0.5, 0.6) is 5.75 Å². The van der Waals surface area contributed by atoms with Crippen molar-refractivity contribution >= 4 is 28.4 Å². The lowest BCUT2D eigenvalue weighted by molar-refractivity contribution is -0.399. The van der Waals surface area contributed by atoms with E-state index >= 15 is 0 Å². The molecule has 3 aromatic rings. The highest BCUT2D eigenvalue weighted by atomic mass is 19.4. The number of fused-ring (bicyclic) bond motifs is 4. The molecule has 0 aliphatic carbocycles. The molecule has 0 fully saturated rings. The van der Waals surface area contributed by atoms with Gasteiger partial charge in [-0.15, -0.1) is 0 Å². The Balaban J connectivity index is 1.60. The van der Waals surface area contributed by atoms with Gasteiger partial charge in [0.25, 0.3) is 0 Å². The van der Waals surface area contributed by atoms with Crippen LogP contribution in [0.2, 0.25) is 0 Å². The predicted molar refractivity (Wildman–Crippen MR) is 123 cm³/mol. The highest BCUT2D eigenvalue weighted by Crippen LogP contribution is 2.59. The monoisotopic (exact) mass is 546 g/mol. The smallest absolute Gasteiger partial charge is 0.459 e. The van der Waals surface area contributed by atoms with Gasteiger partial charge in [-0.1, -0.05) is 36.4 Å². The second-order valence-electron chi connectivity index (χ2n) is 9.83. The Morgan fingerprint density at radius 1 is 0.816 bits per heavy atom. The Morgan fingerprint density at radius 3 is 2.13 bits per heavy atom. The molecule has 0 saturated carbocycles. The molecule has 0 N–H and O–H groups in total. The summed E-state index contributed by atoms with van der Waals surface area (Å²) in [6, 6.07) is 12.7. The third kappa shape index (κ3) is 3.08. The summed E-state index contributed by atoms with van der Waals surface area (Å²) < 4.78 is 129. The van der Waals surface area contributed by atoms with Gasteiger partial charge in [-0.2, -0.15) is 39.5 Å². The van der Waals surface area contributed by atoms with Crippen LogP contribution in [0.3, 0.4) is 0 Å². The topological polar surface area (TPSA) is 24.8 Å². The summed E-state index contributed by atoms with van der Waals surface area (Å²) in [5.74, 6) is -19.3. The minimum absolute atomic E-state index is 0.0287. The molecule has 0 amide bonds. The molecule has 0 radical (unpaired) electrons. The second kappa shape index (κ2) is 7.57. The Hall–Kier alpha value is -3.44. The van der Waals surface area contributed by atoms with Gasteiger partial charge < -0.3 is 9.64 Å². The Morgan fingerprint density at radius 2 is 1.47 bits per heavy atom. The van der Waals surface area contributed by atoms with E-state index in [0.717, 1.165) is 16.8 Å². The van der Waals surface area contributed by atoms with E-state index in [-0.39, 0.29) is 11.3 Å². The number of likely N-dealkylation sites (N-methyl/N-ethyl adjacent to an activating group) is 1. The van der Waals surface area contributed by atoms with E-state index in [1.54, 1.807) is 12.1 Å². The van der Waals surface area contributed by atoms with Crippen molar-refractivity contribution in [3.8, 4) is 5.75 Å². The van der Waals surface area contributed by atoms with Crippen molar-refractivity contribution in [3.05, 3.63) is 65.7 Å². The second-order valence-corrected chi connectivity index (χ2v) is 9.83. The van der Waals surface area contributed by atoms with Gasteiger partial charge in [0.2, 0.25) is 5.72 Å². The molecule has 5 rings (SSSR count). The molecular weight excluding hydrogens is 527 g/mol. The van der Waals surface area contributed by atoms with Crippen molar-refractivity contribution in [1.29, 1.82) is 0 Å². The van der Waals surface area contributed by atoms with Gasteiger partial charge in [-0.25, -0.2) is 0 Å². The molecule has 202 valence electrons. The van der Waals surface area contributed by atoms with E-state index in [4.69, 9.17) is 4.74 Å². The van der Waals surface area contributed by atoms with Crippen molar-refractivity contribution in [2.75, 3.05) is 11.9 Å². The number of halogens is 9. The number of hydrogen-bond donors (Lipinski definition) is 0. The minimum atomic E-state index is -6.98. The Bertz CT molecular complexity index is 1480. The molecule has 38 heavy (non-hydrogen) atoms. The maximum Gasteiger partial charge on any atom is 0.460 e. The van der Waals surface area contributed by atoms with Gasteiger partial charge in [0.1, 0.15) is 11.4 Å². The number of rotatable bonds is 3. The van der Waals surface area contributed by atoms with Crippen LogP contribution in [0.25, 0.3) is 10.8 Å². The molecule has 2 aliphatic rings. The summed E-state index contributed by atoms with van der Waals surface area (Å²) in [6.45, 7) is 3.08. The molecule has 3 aromatic carbocycles. The average molecular weight is 546 g/mol. The molecular formula is C26H19F9N2O. The standard InChI is InChI=1S/C26H19F9N2O/c1-21(2)17-12-15(23(27,28)24(29,30)25(31,32)26(33,34)35)9-10-18(17)37(3)22(21)13-36-20-16-7-5-4-6-14(16)8-11-19(20)38-22/h4-13H,1-3H3. The van der Waals surface area contributed by atoms with Crippen LogP contribution in [0.15, 0.2) is 59.6 Å². The van der Waals surface area contributed by atoms with Crippen molar-refractivity contribution in [1.82, 2.24) is 0 Å². The largest absolute Gasteiger partial charge is 0.460 e. The van der Waals surface area contributed by atoms with E-state index in [1.165, 1.54) is 32.0 Å². The van der Waals surface area contributed by atoms with Gasteiger partial charge >= 0.3 is 23.9 Å². The molecule has 2 heterocycles. The molecule has 0 aromatic heterocycles. The molecule has 0 bridgehead atoms. The fourth-order valence-corrected chi connectivity index (χ4v) is 5.11. The average Bonchev–Trinajstić information content (AvgIpc) is 3.00. The lowest BCUT2D eigenvalue weighted by Gasteiger charge is -2.45. The summed E-state index contributed by atoms with van der Waals surface area (Å²) in [5.41, 5.74) is -3.76. The van der Waals surface area contributed by atoms with E-state index in [0.29, 0.717) is 23.6 Å². The van der Waals surface area contributed by atoms with Crippen LogP contribution in [-0.4, -0.2) is 37.0 Å². The van der Waals surface area contributed by atoms with E-state index in [1.807, 2.05) is 24.3 Å². The van der Waals surface area contributed by atoms with Crippen LogP contribution in [-0.2, 0) is 11.3 Å². The maximum absolute atomic E-state index is 14.8. The van der Waals surface area contributed by atoms with Gasteiger partial charge in [-0.3, -0.25) is 4.99 Å². The first-order valence-electron chi connectivity index (χ1n) is 11.3. The number of aliphatic imine (C=N–C) groups is 1. The summed E-state index contributed by atoms with van der Waals surface area (Å²) in [4.78, 5) is 6.09. The number of ether oxygens (including phenoxy) is 1. The summed E-state index contributed by atoms with van der Waals surface area (Å²) >= 11 is 0. The van der Waals surface area contributed by atoms with Crippen molar-refractivity contribution in [3.63, 3.8) is 0 Å². The fourth-order valence-electron chi connectivity index (χ4n) is 5.11. The maximum atomic E-state index is 14.8. The third-order valence-electron chi connectivity index (χ3n) is 7.43. The van der Waals surface area contributed by atoms with E-state index in [2.05, 4.69) is 4.99 Å². The third-order valence-corrected chi connectivity index (χ3v) is 7.43. The first kappa shape index (κ1) is 26.2. The summed E-state index contributed by atoms with van der Waals surface area (Å²) in [5, 5.41) is 1.66. The first-order valence-corrected chi connectivity index (χ1v) is 11.3. The van der Waals surface area contributed by atoms with Crippen molar-refractivity contribution in [2.45, 2.75) is 48.9 Å². The molecule has 3 nitrogen and oxygen atoms in total. The van der Waals surface area contributed by atoms with E-state index < -0.39 is 40.6 Å². The number of benzene rings is 3. The number of nitrogens with zero attached hydrogens (tertiary/aromatic N) is 2. The van der Waals surface area contributed by atoms with Crippen molar-refractivity contribution in [2.24, 2.45) is 4.99 Å². The normalized spacial score (nSPS) is 21.0. The van der Waals surface area contributed by atoms with Crippen LogP contribution < -0.4 is 9.64 Å². The highest BCUT2D eigenvalue weighted by molar-refractivity contribution is 5.99. The zero-order chi connectivity index (χ0) is 28.1. The molecule has 2 aliphatic heterocycles. The van der Waals surface area contributed by atoms with Gasteiger partial charge in [0.15, 0.2) is 0 Å². The van der Waals surface area contributed by atoms with Crippen LogP contribution >= 0.6 is 0 Å². The molecule has 12 heteroatoms. The Labute approximate surface area is 210 Å². The molecule has 1 unspecified atom stereocenters. The summed E-state index contributed by atoms with van der Waals surface area (Å²) in [7, 11) is 1.54. The Kier molecular flexibility index (Phi) is 5.21. The first-order chi connectivity index (χ1) is 17.4. The SMILES string of the molecule is CN1c2ccc(C(F)(F)C(F)(F)C(F)(F)C(F)(F)F)cc2C(C)(C)C12C=Nc1c(ccc3ccccc13)O2. The van der Waals surface area contributed by atoms with Crippen LogP contribution in [0, 0.1) is 0 Å². The van der Waals surface area contributed by atoms with Gasteiger partial charge in [0.05, 0.1) is 11.6 Å². The van der Waals surface area contributed by atoms with Crippen LogP contribution in [0.1, 0.15) is 25.0 Å². The molecule has 0 saturated heterocycles. The lowest BCUT2D eigenvalue weighted by Crippen LogP contribution is -2.61. The lowest BCUT2D eigenvalue weighted by atomic mass is 9.76. The van der Waals surface area contributed by atoms with Crippen LogP contribution in [0.4, 0.5) is 50.9 Å². The predicted octanol–water partition coefficient (Wildman–Crippen LogP) is 7.98. The van der Waals surface area contributed by atoms with Crippen molar-refractivity contribution < 1.29 is 44.3 Å². The van der Waals surface area contributed by atoms with Gasteiger partial charge in [0, 0.05) is 23.7 Å². The number of hydrogen-bond acceptors (Lipinski definition) is 3. The quantitative estimate of drug-likeness (QED) is 0.311. The zero-order valence-electron chi connectivity index (χ0n) is 20.0. The minimum Gasteiger partial charge on any atom is -0.459 e. The summed E-state index contributed by atoms with van der Waals surface area (Å²) in [6.07, 6.45) is -5.46. The molecule has 1 atom stereocenters. The van der Waals surface area contributed by atoms with E-state index in [9.17, 15) is 39.5 Å². The molecule has 1 spiro atoms. The highest BCUT2D eigenvalue weighted by Gasteiger charge is 2.82. The zero-order valence-corrected chi connectivity index (χ0v) is 20.0. The fraction of sp³-hybridized carbons (Fsp3) is 0.346. The number of alkyl halides is 9. The van der Waals surface area contributed by atoms with Gasteiger partial charge in [-0.05, 0) is 43.0 Å². The number of anilines is 1.